The molecule has 2 rings (SSSR count). The second kappa shape index (κ2) is 7.28. The fraction of sp³-hybridized carbons (Fsp3) is 0.714. The van der Waals surface area contributed by atoms with Crippen molar-refractivity contribution in [1.82, 2.24) is 15.6 Å². The van der Waals surface area contributed by atoms with Crippen LogP contribution in [0.2, 0.25) is 0 Å². The van der Waals surface area contributed by atoms with Gasteiger partial charge in [0.25, 0.3) is 5.91 Å². The van der Waals surface area contributed by atoms with E-state index in [1.807, 2.05) is 0 Å². The lowest BCUT2D eigenvalue weighted by Gasteiger charge is -2.16. The van der Waals surface area contributed by atoms with Crippen LogP contribution >= 0.6 is 0 Å². The maximum absolute atomic E-state index is 11.8. The number of nitrogens with one attached hydrogen (secondary N) is 2. The quantitative estimate of drug-likeness (QED) is 0.631. The van der Waals surface area contributed by atoms with E-state index in [-0.39, 0.29) is 5.91 Å². The molecule has 0 saturated heterocycles. The first kappa shape index (κ1) is 14.1. The zero-order valence-corrected chi connectivity index (χ0v) is 11.6. The summed E-state index contributed by atoms with van der Waals surface area (Å²) in [5.41, 5.74) is 0.634. The van der Waals surface area contributed by atoms with E-state index < -0.39 is 0 Å². The highest BCUT2D eigenvalue weighted by atomic mass is 16.3. The van der Waals surface area contributed by atoms with Crippen LogP contribution in [-0.4, -0.2) is 30.0 Å². The van der Waals surface area contributed by atoms with Crippen molar-refractivity contribution in [2.45, 2.75) is 51.5 Å². The number of amides is 1. The Bertz CT molecular complexity index is 395. The molecule has 0 radical (unpaired) electrons. The third-order valence-electron chi connectivity index (χ3n) is 3.65. The minimum Gasteiger partial charge on any atom is -0.438 e. The molecule has 2 N–H and O–H groups in total. The van der Waals surface area contributed by atoms with Crippen LogP contribution in [0.1, 0.15) is 54.8 Å². The Morgan fingerprint density at radius 3 is 2.68 bits per heavy atom. The van der Waals surface area contributed by atoms with Crippen molar-refractivity contribution >= 4 is 5.91 Å². The lowest BCUT2D eigenvalue weighted by Crippen LogP contribution is -2.36. The summed E-state index contributed by atoms with van der Waals surface area (Å²) in [7, 11) is 0. The predicted octanol–water partition coefficient (Wildman–Crippen LogP) is 2.03. The van der Waals surface area contributed by atoms with Crippen molar-refractivity contribution in [2.75, 3.05) is 13.1 Å². The van der Waals surface area contributed by atoms with Crippen molar-refractivity contribution in [2.24, 2.45) is 0 Å². The number of hydrogen-bond acceptors (Lipinski definition) is 4. The molecule has 1 amide bonds. The summed E-state index contributed by atoms with van der Waals surface area (Å²) in [4.78, 5) is 15.7. The Morgan fingerprint density at radius 2 is 2.05 bits per heavy atom. The third-order valence-corrected chi connectivity index (χ3v) is 3.65. The zero-order chi connectivity index (χ0) is 13.5. The van der Waals surface area contributed by atoms with E-state index in [1.54, 1.807) is 6.92 Å². The van der Waals surface area contributed by atoms with E-state index in [0.29, 0.717) is 24.0 Å². The smallest absolute Gasteiger partial charge is 0.289 e. The third kappa shape index (κ3) is 4.35. The normalized spacial score (nSPS) is 17.1. The van der Waals surface area contributed by atoms with E-state index in [4.69, 9.17) is 4.42 Å². The van der Waals surface area contributed by atoms with Gasteiger partial charge in [-0.25, -0.2) is 4.98 Å². The molecule has 0 unspecified atom stereocenters. The topological polar surface area (TPSA) is 67.2 Å². The summed E-state index contributed by atoms with van der Waals surface area (Å²) < 4.78 is 5.05. The van der Waals surface area contributed by atoms with E-state index in [2.05, 4.69) is 15.6 Å². The standard InChI is InChI=1S/C14H23N3O2/c1-11-13(19-10-17-11)14(18)16-9-8-15-12-6-4-2-3-5-7-12/h10,12,15H,2-9H2,1H3,(H,16,18). The lowest BCUT2D eigenvalue weighted by atomic mass is 10.1. The molecule has 1 saturated carbocycles. The molecule has 0 atom stereocenters. The minimum atomic E-state index is -0.183. The summed E-state index contributed by atoms with van der Waals surface area (Å²) in [6.45, 7) is 3.20. The van der Waals surface area contributed by atoms with Crippen LogP contribution in [0.5, 0.6) is 0 Å². The van der Waals surface area contributed by atoms with Gasteiger partial charge in [0.05, 0.1) is 5.69 Å². The van der Waals surface area contributed by atoms with Gasteiger partial charge in [0, 0.05) is 19.1 Å². The molecule has 106 valence electrons. The van der Waals surface area contributed by atoms with Crippen molar-refractivity contribution in [3.05, 3.63) is 17.8 Å². The minimum absolute atomic E-state index is 0.183. The van der Waals surface area contributed by atoms with Gasteiger partial charge in [0.2, 0.25) is 5.76 Å². The summed E-state index contributed by atoms with van der Waals surface area (Å²) >= 11 is 0. The van der Waals surface area contributed by atoms with Gasteiger partial charge in [-0.1, -0.05) is 25.7 Å². The maximum Gasteiger partial charge on any atom is 0.289 e. The molecule has 1 fully saturated rings. The van der Waals surface area contributed by atoms with Gasteiger partial charge in [-0.3, -0.25) is 4.79 Å². The van der Waals surface area contributed by atoms with Crippen molar-refractivity contribution in [3.8, 4) is 0 Å². The van der Waals surface area contributed by atoms with Gasteiger partial charge in [-0.05, 0) is 19.8 Å². The van der Waals surface area contributed by atoms with Crippen molar-refractivity contribution < 1.29 is 9.21 Å². The Kier molecular flexibility index (Phi) is 5.39. The fourth-order valence-electron chi connectivity index (χ4n) is 2.54. The van der Waals surface area contributed by atoms with Gasteiger partial charge >= 0.3 is 0 Å². The molecule has 1 aliphatic rings. The number of rotatable bonds is 5. The highest BCUT2D eigenvalue weighted by Gasteiger charge is 2.14. The summed E-state index contributed by atoms with van der Waals surface area (Å²) in [6, 6.07) is 0.617. The lowest BCUT2D eigenvalue weighted by molar-refractivity contribution is 0.0925. The SMILES string of the molecule is Cc1ncoc1C(=O)NCCNC1CCCCCC1. The van der Waals surface area contributed by atoms with Gasteiger partial charge in [-0.2, -0.15) is 0 Å². The summed E-state index contributed by atoms with van der Waals surface area (Å²) in [5.74, 6) is 0.132. The monoisotopic (exact) mass is 265 g/mol. The van der Waals surface area contributed by atoms with Crippen LogP contribution in [0.4, 0.5) is 0 Å². The summed E-state index contributed by atoms with van der Waals surface area (Å²) in [6.07, 6.45) is 9.18. The molecule has 0 spiro atoms. The fourth-order valence-corrected chi connectivity index (χ4v) is 2.54. The molecule has 0 bridgehead atoms. The van der Waals surface area contributed by atoms with Crippen molar-refractivity contribution in [3.63, 3.8) is 0 Å². The van der Waals surface area contributed by atoms with Crippen LogP contribution in [0.15, 0.2) is 10.8 Å². The van der Waals surface area contributed by atoms with E-state index in [1.165, 1.54) is 44.9 Å². The van der Waals surface area contributed by atoms with Crippen LogP contribution in [0, 0.1) is 6.92 Å². The molecule has 0 aromatic carbocycles. The predicted molar refractivity (Wildman–Crippen MR) is 73.1 cm³/mol. The molecule has 0 aliphatic heterocycles. The highest BCUT2D eigenvalue weighted by molar-refractivity contribution is 5.92. The van der Waals surface area contributed by atoms with E-state index >= 15 is 0 Å². The van der Waals surface area contributed by atoms with Gasteiger partial charge in [0.15, 0.2) is 6.39 Å². The summed E-state index contributed by atoms with van der Waals surface area (Å²) in [5, 5.41) is 6.36. The Morgan fingerprint density at radius 1 is 1.32 bits per heavy atom. The molecule has 1 heterocycles. The van der Waals surface area contributed by atoms with Gasteiger partial charge in [-0.15, -0.1) is 0 Å². The number of oxazole rings is 1. The van der Waals surface area contributed by atoms with Gasteiger partial charge in [0.1, 0.15) is 0 Å². The Hall–Kier alpha value is -1.36. The maximum atomic E-state index is 11.8. The largest absolute Gasteiger partial charge is 0.438 e. The number of carbonyl (C=O) groups is 1. The Labute approximate surface area is 114 Å². The number of aryl methyl sites for hydroxylation is 1. The van der Waals surface area contributed by atoms with Gasteiger partial charge < -0.3 is 15.1 Å². The second-order valence-electron chi connectivity index (χ2n) is 5.17. The molecular formula is C14H23N3O2. The Balaban J connectivity index is 1.64. The number of nitrogens with zero attached hydrogens (tertiary/aromatic N) is 1. The van der Waals surface area contributed by atoms with Crippen LogP contribution in [-0.2, 0) is 0 Å². The average Bonchev–Trinajstić information content (AvgIpc) is 2.68. The first-order valence-corrected chi connectivity index (χ1v) is 7.19. The molecular weight excluding hydrogens is 242 g/mol. The van der Waals surface area contributed by atoms with Crippen molar-refractivity contribution in [1.29, 1.82) is 0 Å². The highest BCUT2D eigenvalue weighted by Crippen LogP contribution is 2.16. The molecule has 1 aliphatic carbocycles. The molecule has 19 heavy (non-hydrogen) atoms. The number of carbonyl (C=O) groups excluding carboxylic acids is 1. The number of aromatic nitrogens is 1. The van der Waals surface area contributed by atoms with Crippen LogP contribution in [0.25, 0.3) is 0 Å². The zero-order valence-electron chi connectivity index (χ0n) is 11.6. The average molecular weight is 265 g/mol. The first-order valence-electron chi connectivity index (χ1n) is 7.19. The molecule has 5 heteroatoms. The van der Waals surface area contributed by atoms with Crippen LogP contribution < -0.4 is 10.6 Å². The second-order valence-corrected chi connectivity index (χ2v) is 5.17. The molecule has 1 aromatic rings. The van der Waals surface area contributed by atoms with Crippen LogP contribution in [0.3, 0.4) is 0 Å². The first-order chi connectivity index (χ1) is 9.27. The van der Waals surface area contributed by atoms with E-state index in [0.717, 1.165) is 6.54 Å². The number of hydrogen-bond donors (Lipinski definition) is 2. The molecule has 5 nitrogen and oxygen atoms in total. The van der Waals surface area contributed by atoms with E-state index in [9.17, 15) is 4.79 Å². The molecule has 1 aromatic heterocycles.